The minimum Gasteiger partial charge on any atom is -0.611 e. The molecule has 0 bridgehead atoms. The van der Waals surface area contributed by atoms with E-state index in [2.05, 4.69) is 166 Å². The van der Waals surface area contributed by atoms with Gasteiger partial charge in [0.2, 0.25) is 0 Å². The SMILES string of the molecule is C[CH2][Al]([O]c1c(-c2ccccc2)cc(C)cc1-c1ccccc1)[O]c1c(-c2ccccc2)cc(C)cc1-c1ccccc1. The molecule has 0 amide bonds. The van der Waals surface area contributed by atoms with Crippen LogP contribution in [0.1, 0.15) is 18.1 Å². The second kappa shape index (κ2) is 13.2. The monoisotopic (exact) mass is 574 g/mol. The van der Waals surface area contributed by atoms with E-state index in [0.717, 1.165) is 61.3 Å². The zero-order chi connectivity index (χ0) is 29.6. The molecule has 6 rings (SSSR count). The fourth-order valence-corrected chi connectivity index (χ4v) is 7.00. The fourth-order valence-electron chi connectivity index (χ4n) is 5.58. The highest BCUT2D eigenvalue weighted by Crippen LogP contribution is 2.43. The smallest absolute Gasteiger partial charge is 0.611 e. The predicted molar refractivity (Wildman–Crippen MR) is 182 cm³/mol. The Kier molecular flexibility index (Phi) is 8.75. The van der Waals surface area contributed by atoms with Crippen LogP contribution in [0.4, 0.5) is 0 Å². The zero-order valence-electron chi connectivity index (χ0n) is 25.0. The Balaban J connectivity index is 1.50. The Morgan fingerprint density at radius 3 is 0.907 bits per heavy atom. The van der Waals surface area contributed by atoms with E-state index in [9.17, 15) is 0 Å². The summed E-state index contributed by atoms with van der Waals surface area (Å²) in [5.74, 6) is 1.77. The number of hydrogen-bond donors (Lipinski definition) is 0. The van der Waals surface area contributed by atoms with Gasteiger partial charge in [0.05, 0.1) is 11.5 Å². The molecule has 6 aromatic carbocycles. The van der Waals surface area contributed by atoms with E-state index in [1.165, 1.54) is 11.1 Å². The van der Waals surface area contributed by atoms with Gasteiger partial charge in [-0.25, -0.2) is 0 Å². The second-order valence-electron chi connectivity index (χ2n) is 10.9. The van der Waals surface area contributed by atoms with Gasteiger partial charge in [-0.3, -0.25) is 0 Å². The average Bonchev–Trinajstić information content (AvgIpc) is 3.07. The van der Waals surface area contributed by atoms with E-state index in [1.54, 1.807) is 0 Å². The van der Waals surface area contributed by atoms with Crippen molar-refractivity contribution in [1.29, 1.82) is 0 Å². The molecule has 6 aromatic rings. The Morgan fingerprint density at radius 1 is 0.419 bits per heavy atom. The first-order valence-corrected chi connectivity index (χ1v) is 16.7. The number of rotatable bonds is 9. The van der Waals surface area contributed by atoms with Gasteiger partial charge < -0.3 is 7.58 Å². The van der Waals surface area contributed by atoms with Gasteiger partial charge in [-0.05, 0) is 76.8 Å². The molecule has 0 saturated heterocycles. The van der Waals surface area contributed by atoms with Gasteiger partial charge in [0.25, 0.3) is 0 Å². The lowest BCUT2D eigenvalue weighted by Crippen LogP contribution is -2.30. The predicted octanol–water partition coefficient (Wildman–Crippen LogP) is 10.9. The van der Waals surface area contributed by atoms with E-state index in [0.29, 0.717) is 0 Å². The summed E-state index contributed by atoms with van der Waals surface area (Å²) >= 11 is -2.30. The van der Waals surface area contributed by atoms with Gasteiger partial charge in [0.15, 0.2) is 0 Å². The Bertz CT molecular complexity index is 1550. The Morgan fingerprint density at radius 2 is 0.674 bits per heavy atom. The lowest BCUT2D eigenvalue weighted by Gasteiger charge is -2.25. The van der Waals surface area contributed by atoms with Gasteiger partial charge in [-0.1, -0.05) is 128 Å². The van der Waals surface area contributed by atoms with Crippen LogP contribution in [0.15, 0.2) is 146 Å². The van der Waals surface area contributed by atoms with Gasteiger partial charge in [0, 0.05) is 22.3 Å². The van der Waals surface area contributed by atoms with Crippen molar-refractivity contribution in [3.8, 4) is 56.0 Å². The summed E-state index contributed by atoms with van der Waals surface area (Å²) in [6, 6.07) is 51.0. The molecule has 0 aliphatic carbocycles. The van der Waals surface area contributed by atoms with Crippen LogP contribution < -0.4 is 7.58 Å². The maximum absolute atomic E-state index is 7.12. The highest BCUT2D eigenvalue weighted by atomic mass is 27.2. The maximum atomic E-state index is 7.12. The minimum absolute atomic E-state index is 0.798. The molecular formula is C40H35AlO2. The standard InChI is InChI=1S/2C19H16O.C2H5.Al/c2*1-14-12-17(15-8-4-2-5-9-15)19(20)18(13-14)16-10-6-3-7-11-16;1-2;/h2*2-13,20H,1H3;1H2,2H3;/q;;;+2/p-2. The second-order valence-corrected chi connectivity index (χ2v) is 13.1. The molecule has 0 N–H and O–H groups in total. The minimum atomic E-state index is -2.30. The number of hydrogen-bond acceptors (Lipinski definition) is 2. The van der Waals surface area contributed by atoms with Crippen molar-refractivity contribution in [3.05, 3.63) is 157 Å². The third-order valence-corrected chi connectivity index (χ3v) is 9.30. The van der Waals surface area contributed by atoms with Crippen molar-refractivity contribution in [3.63, 3.8) is 0 Å². The molecule has 0 unspecified atom stereocenters. The van der Waals surface area contributed by atoms with Crippen LogP contribution in [0, 0.1) is 13.8 Å². The molecule has 0 aliphatic rings. The maximum Gasteiger partial charge on any atom is 0.856 e. The van der Waals surface area contributed by atoms with Crippen molar-refractivity contribution < 1.29 is 7.58 Å². The van der Waals surface area contributed by atoms with Gasteiger partial charge in [-0.15, -0.1) is 0 Å². The van der Waals surface area contributed by atoms with Crippen molar-refractivity contribution >= 4 is 14.8 Å². The average molecular weight is 575 g/mol. The third kappa shape index (κ3) is 6.45. The molecule has 3 heteroatoms. The van der Waals surface area contributed by atoms with Crippen molar-refractivity contribution in [2.75, 3.05) is 0 Å². The summed E-state index contributed by atoms with van der Waals surface area (Å²) in [4.78, 5) is 0. The number of benzene rings is 6. The molecule has 0 aliphatic heterocycles. The van der Waals surface area contributed by atoms with E-state index >= 15 is 0 Å². The molecule has 0 heterocycles. The van der Waals surface area contributed by atoms with Crippen LogP contribution in [-0.2, 0) is 0 Å². The van der Waals surface area contributed by atoms with Crippen molar-refractivity contribution in [1.82, 2.24) is 0 Å². The molecule has 0 fully saturated rings. The molecule has 210 valence electrons. The van der Waals surface area contributed by atoms with Crippen LogP contribution in [0.3, 0.4) is 0 Å². The van der Waals surface area contributed by atoms with Gasteiger partial charge >= 0.3 is 14.8 Å². The normalized spacial score (nSPS) is 10.8. The molecule has 0 spiro atoms. The van der Waals surface area contributed by atoms with Crippen molar-refractivity contribution in [2.45, 2.75) is 26.1 Å². The van der Waals surface area contributed by atoms with E-state index in [-0.39, 0.29) is 0 Å². The first-order valence-electron chi connectivity index (χ1n) is 14.9. The van der Waals surface area contributed by atoms with Gasteiger partial charge in [0.1, 0.15) is 0 Å². The van der Waals surface area contributed by atoms with Gasteiger partial charge in [-0.2, -0.15) is 0 Å². The lowest BCUT2D eigenvalue weighted by atomic mass is 9.95. The summed E-state index contributed by atoms with van der Waals surface area (Å²) in [7, 11) is 0. The first-order chi connectivity index (χ1) is 21.1. The topological polar surface area (TPSA) is 18.5 Å². The lowest BCUT2D eigenvalue weighted by molar-refractivity contribution is 0.426. The number of aryl methyl sites for hydroxylation is 2. The molecule has 0 atom stereocenters. The molecule has 0 aromatic heterocycles. The van der Waals surface area contributed by atoms with E-state index < -0.39 is 14.8 Å². The Labute approximate surface area is 260 Å². The third-order valence-electron chi connectivity index (χ3n) is 7.64. The summed E-state index contributed by atoms with van der Waals surface area (Å²) in [5.41, 5.74) is 11.3. The van der Waals surface area contributed by atoms with Crippen LogP contribution >= 0.6 is 0 Å². The summed E-state index contributed by atoms with van der Waals surface area (Å²) in [6.45, 7) is 6.48. The summed E-state index contributed by atoms with van der Waals surface area (Å²) in [5, 5.41) is 0.798. The highest BCUT2D eigenvalue weighted by molar-refractivity contribution is 6.46. The highest BCUT2D eigenvalue weighted by Gasteiger charge is 2.34. The van der Waals surface area contributed by atoms with E-state index in [1.807, 2.05) is 0 Å². The first kappa shape index (κ1) is 28.6. The van der Waals surface area contributed by atoms with Crippen LogP contribution in [0.5, 0.6) is 11.5 Å². The van der Waals surface area contributed by atoms with E-state index in [4.69, 9.17) is 7.58 Å². The van der Waals surface area contributed by atoms with Crippen molar-refractivity contribution in [2.24, 2.45) is 0 Å². The summed E-state index contributed by atoms with van der Waals surface area (Å²) in [6.07, 6.45) is 0. The summed E-state index contributed by atoms with van der Waals surface area (Å²) < 4.78 is 14.2. The zero-order valence-corrected chi connectivity index (χ0v) is 26.1. The molecular weight excluding hydrogens is 539 g/mol. The molecule has 2 nitrogen and oxygen atoms in total. The van der Waals surface area contributed by atoms with Crippen LogP contribution in [0.25, 0.3) is 44.5 Å². The van der Waals surface area contributed by atoms with Crippen LogP contribution in [-0.4, -0.2) is 14.8 Å². The largest absolute Gasteiger partial charge is 0.856 e. The molecule has 0 saturated carbocycles. The molecule has 0 radical (unpaired) electrons. The Hall–Kier alpha value is -4.55. The fraction of sp³-hybridized carbons (Fsp3) is 0.100. The van der Waals surface area contributed by atoms with Crippen LogP contribution in [0.2, 0.25) is 5.28 Å². The molecule has 43 heavy (non-hydrogen) atoms. The quantitative estimate of drug-likeness (QED) is 0.160.